The van der Waals surface area contributed by atoms with Crippen LogP contribution in [0.3, 0.4) is 0 Å². The molecule has 0 aliphatic heterocycles. The first-order chi connectivity index (χ1) is 8.27. The third kappa shape index (κ3) is 11.8. The molecule has 0 bridgehead atoms. The Balaban J connectivity index is 3.30. The molecule has 18 heavy (non-hydrogen) atoms. The molecule has 0 aromatic rings. The lowest BCUT2D eigenvalue weighted by atomic mass is 9.89. The highest BCUT2D eigenvalue weighted by atomic mass is 32.2. The molecule has 0 rings (SSSR count). The molecule has 0 amide bonds. The van der Waals surface area contributed by atoms with Crippen LogP contribution >= 0.6 is 0 Å². The Kier molecular flexibility index (Phi) is 8.16. The molecule has 0 fully saturated rings. The molecule has 0 aromatic heterocycles. The number of nitrogens with one attached hydrogen (secondary N) is 2. The summed E-state index contributed by atoms with van der Waals surface area (Å²) in [7, 11) is -3.05. The zero-order valence-electron chi connectivity index (χ0n) is 11.6. The van der Waals surface area contributed by atoms with Crippen molar-refractivity contribution in [2.24, 2.45) is 5.41 Å². The van der Waals surface area contributed by atoms with Crippen LogP contribution in [-0.2, 0) is 10.0 Å². The van der Waals surface area contributed by atoms with Crippen LogP contribution in [0.5, 0.6) is 0 Å². The molecule has 0 aliphatic rings. The fraction of sp³-hybridized carbons (Fsp3) is 0.917. The molecule has 0 aromatic carbocycles. The molecule has 0 radical (unpaired) electrons. The van der Waals surface area contributed by atoms with E-state index in [2.05, 4.69) is 16.1 Å². The first-order valence-corrected chi connectivity index (χ1v) is 8.22. The number of nitrogens with zero attached hydrogens (tertiary/aromatic N) is 1. The van der Waals surface area contributed by atoms with Gasteiger partial charge >= 0.3 is 0 Å². The maximum Gasteiger partial charge on any atom is 0.208 e. The highest BCUT2D eigenvalue weighted by Gasteiger charge is 2.14. The van der Waals surface area contributed by atoms with Gasteiger partial charge < -0.3 is 5.32 Å². The van der Waals surface area contributed by atoms with E-state index in [0.29, 0.717) is 6.54 Å². The summed E-state index contributed by atoms with van der Waals surface area (Å²) in [6.07, 6.45) is 4.95. The molecule has 5 nitrogen and oxygen atoms in total. The van der Waals surface area contributed by atoms with Gasteiger partial charge in [-0.05, 0) is 46.2 Å². The lowest BCUT2D eigenvalue weighted by Crippen LogP contribution is -2.26. The van der Waals surface area contributed by atoms with Gasteiger partial charge in [0.1, 0.15) is 0 Å². The van der Waals surface area contributed by atoms with Crippen LogP contribution in [0.2, 0.25) is 0 Å². The maximum atomic E-state index is 10.8. The zero-order chi connectivity index (χ0) is 14.1. The normalized spacial score (nSPS) is 12.3. The van der Waals surface area contributed by atoms with Crippen molar-refractivity contribution in [1.29, 1.82) is 5.26 Å². The fourth-order valence-electron chi connectivity index (χ4n) is 1.47. The summed E-state index contributed by atoms with van der Waals surface area (Å²) >= 11 is 0. The third-order valence-corrected chi connectivity index (χ3v) is 3.33. The minimum atomic E-state index is -3.05. The van der Waals surface area contributed by atoms with Gasteiger partial charge in [0.25, 0.3) is 0 Å². The van der Waals surface area contributed by atoms with Crippen molar-refractivity contribution in [2.75, 3.05) is 25.9 Å². The van der Waals surface area contributed by atoms with Gasteiger partial charge in [0.05, 0.1) is 17.7 Å². The Morgan fingerprint density at radius 3 is 2.28 bits per heavy atom. The van der Waals surface area contributed by atoms with E-state index in [1.165, 1.54) is 0 Å². The first-order valence-electron chi connectivity index (χ1n) is 6.33. The van der Waals surface area contributed by atoms with E-state index < -0.39 is 10.0 Å². The molecular formula is C12H25N3O2S. The summed E-state index contributed by atoms with van der Waals surface area (Å²) in [6.45, 7) is 6.12. The van der Waals surface area contributed by atoms with E-state index in [4.69, 9.17) is 5.26 Å². The van der Waals surface area contributed by atoms with Gasteiger partial charge in [0.15, 0.2) is 0 Å². The Labute approximate surface area is 111 Å². The number of rotatable bonds is 10. The van der Waals surface area contributed by atoms with E-state index >= 15 is 0 Å². The van der Waals surface area contributed by atoms with Crippen LogP contribution in [0.25, 0.3) is 0 Å². The van der Waals surface area contributed by atoms with Gasteiger partial charge in [-0.15, -0.1) is 0 Å². The van der Waals surface area contributed by atoms with Crippen LogP contribution < -0.4 is 10.0 Å². The van der Waals surface area contributed by atoms with Crippen molar-refractivity contribution in [3.8, 4) is 6.07 Å². The van der Waals surface area contributed by atoms with E-state index in [1.54, 1.807) is 0 Å². The molecular weight excluding hydrogens is 250 g/mol. The number of hydrogen-bond acceptors (Lipinski definition) is 4. The molecule has 0 saturated heterocycles. The van der Waals surface area contributed by atoms with Crippen molar-refractivity contribution in [3.05, 3.63) is 0 Å². The SMILES string of the molecule is CC(C)(C#N)CCCCNCCCNS(C)(=O)=O. The van der Waals surface area contributed by atoms with E-state index in [0.717, 1.165) is 45.0 Å². The monoisotopic (exact) mass is 275 g/mol. The molecule has 0 saturated carbocycles. The maximum absolute atomic E-state index is 10.8. The first kappa shape index (κ1) is 17.4. The summed E-state index contributed by atoms with van der Waals surface area (Å²) < 4.78 is 24.0. The lowest BCUT2D eigenvalue weighted by molar-refractivity contribution is 0.422. The van der Waals surface area contributed by atoms with E-state index in [-0.39, 0.29) is 5.41 Å². The fourth-order valence-corrected chi connectivity index (χ4v) is 1.98. The molecule has 0 aliphatic carbocycles. The molecule has 0 atom stereocenters. The molecule has 0 spiro atoms. The van der Waals surface area contributed by atoms with Crippen molar-refractivity contribution in [3.63, 3.8) is 0 Å². The minimum Gasteiger partial charge on any atom is -0.317 e. The summed E-state index contributed by atoms with van der Waals surface area (Å²) in [5, 5.41) is 12.1. The Morgan fingerprint density at radius 2 is 1.72 bits per heavy atom. The van der Waals surface area contributed by atoms with Crippen molar-refractivity contribution in [2.45, 2.75) is 39.5 Å². The smallest absolute Gasteiger partial charge is 0.208 e. The minimum absolute atomic E-state index is 0.223. The number of nitriles is 1. The predicted molar refractivity (Wildman–Crippen MR) is 73.6 cm³/mol. The Bertz CT molecular complexity index is 358. The van der Waals surface area contributed by atoms with Gasteiger partial charge in [-0.1, -0.05) is 6.42 Å². The van der Waals surface area contributed by atoms with Crippen LogP contribution in [-0.4, -0.2) is 34.3 Å². The van der Waals surface area contributed by atoms with Gasteiger partial charge in [0, 0.05) is 6.54 Å². The molecule has 2 N–H and O–H groups in total. The quantitative estimate of drug-likeness (QED) is 0.588. The lowest BCUT2D eigenvalue weighted by Gasteiger charge is -2.14. The average Bonchev–Trinajstić information content (AvgIpc) is 2.25. The number of unbranched alkanes of at least 4 members (excludes halogenated alkanes) is 1. The van der Waals surface area contributed by atoms with Gasteiger partial charge in [-0.2, -0.15) is 5.26 Å². The Hall–Kier alpha value is -0.640. The third-order valence-electron chi connectivity index (χ3n) is 2.60. The highest BCUT2D eigenvalue weighted by molar-refractivity contribution is 7.88. The molecule has 106 valence electrons. The Morgan fingerprint density at radius 1 is 1.11 bits per heavy atom. The molecule has 0 heterocycles. The zero-order valence-corrected chi connectivity index (χ0v) is 12.4. The van der Waals surface area contributed by atoms with Crippen LogP contribution in [0, 0.1) is 16.7 Å². The topological polar surface area (TPSA) is 82.0 Å². The summed E-state index contributed by atoms with van der Waals surface area (Å²) in [6, 6.07) is 2.29. The molecule has 0 unspecified atom stereocenters. The second kappa shape index (κ2) is 8.46. The van der Waals surface area contributed by atoms with E-state index in [9.17, 15) is 8.42 Å². The van der Waals surface area contributed by atoms with E-state index in [1.807, 2.05) is 13.8 Å². The largest absolute Gasteiger partial charge is 0.317 e. The predicted octanol–water partition coefficient (Wildman–Crippen LogP) is 1.24. The summed E-state index contributed by atoms with van der Waals surface area (Å²) in [5.41, 5.74) is -0.223. The van der Waals surface area contributed by atoms with Crippen molar-refractivity contribution in [1.82, 2.24) is 10.0 Å². The van der Waals surface area contributed by atoms with Crippen LogP contribution in [0.15, 0.2) is 0 Å². The summed E-state index contributed by atoms with van der Waals surface area (Å²) in [5.74, 6) is 0. The second-order valence-electron chi connectivity index (χ2n) is 5.22. The van der Waals surface area contributed by atoms with Gasteiger partial charge in [-0.25, -0.2) is 13.1 Å². The van der Waals surface area contributed by atoms with Crippen LogP contribution in [0.4, 0.5) is 0 Å². The van der Waals surface area contributed by atoms with Crippen molar-refractivity contribution < 1.29 is 8.42 Å². The standard InChI is InChI=1S/C12H25N3O2S/c1-12(2,11-13)7-4-5-8-14-9-6-10-15-18(3,16)17/h14-15H,4-10H2,1-3H3. The number of sulfonamides is 1. The van der Waals surface area contributed by atoms with Crippen LogP contribution in [0.1, 0.15) is 39.5 Å². The molecule has 6 heteroatoms. The number of hydrogen-bond donors (Lipinski definition) is 2. The summed E-state index contributed by atoms with van der Waals surface area (Å²) in [4.78, 5) is 0. The van der Waals surface area contributed by atoms with Crippen molar-refractivity contribution >= 4 is 10.0 Å². The van der Waals surface area contributed by atoms with Gasteiger partial charge in [0.2, 0.25) is 10.0 Å². The highest BCUT2D eigenvalue weighted by Crippen LogP contribution is 2.21. The second-order valence-corrected chi connectivity index (χ2v) is 7.06. The average molecular weight is 275 g/mol. The van der Waals surface area contributed by atoms with Gasteiger partial charge in [-0.3, -0.25) is 0 Å².